The van der Waals surface area contributed by atoms with Crippen molar-refractivity contribution in [3.63, 3.8) is 0 Å². The molecule has 0 fully saturated rings. The van der Waals surface area contributed by atoms with Gasteiger partial charge >= 0.3 is 0 Å². The molecule has 0 unspecified atom stereocenters. The summed E-state index contributed by atoms with van der Waals surface area (Å²) in [7, 11) is 0. The molecule has 0 bridgehead atoms. The predicted molar refractivity (Wildman–Crippen MR) is 123 cm³/mol. The lowest BCUT2D eigenvalue weighted by Crippen LogP contribution is -2.03. The number of aromatic nitrogens is 1. The molecule has 31 heavy (non-hydrogen) atoms. The number of nitrogens with zero attached hydrogens (tertiary/aromatic N) is 3. The average Bonchev–Trinajstić information content (AvgIpc) is 2.75. The van der Waals surface area contributed by atoms with Crippen molar-refractivity contribution in [1.29, 1.82) is 0 Å². The molecule has 0 aliphatic heterocycles. The van der Waals surface area contributed by atoms with Gasteiger partial charge in [0.25, 0.3) is 5.69 Å². The van der Waals surface area contributed by atoms with Crippen molar-refractivity contribution in [1.82, 2.24) is 4.98 Å². The summed E-state index contributed by atoms with van der Waals surface area (Å²) in [5.74, 6) is 1.23. The highest BCUT2D eigenvalue weighted by atomic mass is 127. The average molecular weight is 536 g/mol. The van der Waals surface area contributed by atoms with Crippen molar-refractivity contribution < 1.29 is 18.8 Å². The van der Waals surface area contributed by atoms with Crippen LogP contribution in [0.25, 0.3) is 0 Å². The number of hydrogen-bond donors (Lipinski definition) is 1. The summed E-state index contributed by atoms with van der Waals surface area (Å²) in [5, 5.41) is 14.8. The molecule has 2 aromatic carbocycles. The van der Waals surface area contributed by atoms with Gasteiger partial charge in [0.05, 0.1) is 21.3 Å². The Morgan fingerprint density at radius 1 is 1.23 bits per heavy atom. The van der Waals surface area contributed by atoms with Gasteiger partial charge in [0.2, 0.25) is 0 Å². The second-order valence-electron chi connectivity index (χ2n) is 6.21. The molecular formula is C21H18FIN4O4. The number of hydrogen-bond acceptors (Lipinski definition) is 7. The molecule has 0 saturated carbocycles. The molecule has 1 aromatic heterocycles. The van der Waals surface area contributed by atoms with Crippen LogP contribution < -0.4 is 14.9 Å². The molecule has 3 rings (SSSR count). The van der Waals surface area contributed by atoms with E-state index in [9.17, 15) is 14.5 Å². The van der Waals surface area contributed by atoms with Crippen LogP contribution in [0, 0.1) is 19.5 Å². The fourth-order valence-electron chi connectivity index (χ4n) is 2.53. The van der Waals surface area contributed by atoms with E-state index in [-0.39, 0.29) is 18.1 Å². The molecule has 160 valence electrons. The highest BCUT2D eigenvalue weighted by molar-refractivity contribution is 14.1. The van der Waals surface area contributed by atoms with Crippen molar-refractivity contribution in [2.45, 2.75) is 13.5 Å². The molecule has 0 amide bonds. The Morgan fingerprint density at radius 2 is 2.00 bits per heavy atom. The zero-order chi connectivity index (χ0) is 22.2. The van der Waals surface area contributed by atoms with Gasteiger partial charge in [0.1, 0.15) is 24.4 Å². The summed E-state index contributed by atoms with van der Waals surface area (Å²) in [4.78, 5) is 14.1. The van der Waals surface area contributed by atoms with E-state index in [1.165, 1.54) is 24.3 Å². The monoisotopic (exact) mass is 536 g/mol. The van der Waals surface area contributed by atoms with E-state index in [2.05, 4.69) is 38.1 Å². The molecule has 1 heterocycles. The summed E-state index contributed by atoms with van der Waals surface area (Å²) >= 11 is 2.15. The Labute approximate surface area is 191 Å². The van der Waals surface area contributed by atoms with Crippen molar-refractivity contribution >= 4 is 40.3 Å². The first-order valence-electron chi connectivity index (χ1n) is 9.19. The maximum atomic E-state index is 13.1. The minimum absolute atomic E-state index is 0.0957. The van der Waals surface area contributed by atoms with E-state index < -0.39 is 4.92 Å². The molecule has 1 N–H and O–H groups in total. The number of rotatable bonds is 9. The lowest BCUT2D eigenvalue weighted by atomic mass is 10.2. The predicted octanol–water partition coefficient (Wildman–Crippen LogP) is 5.16. The molecule has 0 radical (unpaired) electrons. The quantitative estimate of drug-likeness (QED) is 0.176. The van der Waals surface area contributed by atoms with Crippen molar-refractivity contribution in [2.24, 2.45) is 5.10 Å². The van der Waals surface area contributed by atoms with E-state index in [0.717, 1.165) is 20.9 Å². The Balaban J connectivity index is 1.71. The largest absolute Gasteiger partial charge is 0.490 e. The second-order valence-corrected chi connectivity index (χ2v) is 7.37. The van der Waals surface area contributed by atoms with Gasteiger partial charge in [-0.3, -0.25) is 15.5 Å². The fourth-order valence-corrected chi connectivity index (χ4v) is 3.32. The first-order valence-corrected chi connectivity index (χ1v) is 10.3. The van der Waals surface area contributed by atoms with Gasteiger partial charge in [-0.15, -0.1) is 0 Å². The zero-order valence-corrected chi connectivity index (χ0v) is 18.6. The van der Waals surface area contributed by atoms with Crippen LogP contribution in [0.1, 0.15) is 18.1 Å². The number of benzene rings is 2. The molecular weight excluding hydrogens is 518 g/mol. The summed E-state index contributed by atoms with van der Waals surface area (Å²) in [6.45, 7) is 2.60. The first-order chi connectivity index (χ1) is 15.0. The fraction of sp³-hybridized carbons (Fsp3) is 0.143. The highest BCUT2D eigenvalue weighted by Crippen LogP contribution is 2.34. The van der Waals surface area contributed by atoms with Crippen molar-refractivity contribution in [3.05, 3.63) is 85.4 Å². The normalized spacial score (nSPS) is 10.8. The minimum Gasteiger partial charge on any atom is -0.490 e. The van der Waals surface area contributed by atoms with E-state index in [1.54, 1.807) is 24.4 Å². The molecule has 8 nitrogen and oxygen atoms in total. The molecule has 0 spiro atoms. The molecule has 3 aromatic rings. The van der Waals surface area contributed by atoms with Crippen LogP contribution in [0.15, 0.2) is 59.8 Å². The number of halogens is 2. The number of hydrazone groups is 1. The summed E-state index contributed by atoms with van der Waals surface area (Å²) in [5.41, 5.74) is 4.23. The Morgan fingerprint density at radius 3 is 2.65 bits per heavy atom. The Kier molecular flexibility index (Phi) is 7.70. The number of pyridine rings is 1. The number of nitro groups is 1. The van der Waals surface area contributed by atoms with Gasteiger partial charge in [-0.05, 0) is 71.0 Å². The second kappa shape index (κ2) is 10.7. The number of nitrogens with one attached hydrogen (secondary N) is 1. The van der Waals surface area contributed by atoms with Gasteiger partial charge in [-0.1, -0.05) is 12.1 Å². The van der Waals surface area contributed by atoms with Crippen LogP contribution in [0.2, 0.25) is 0 Å². The van der Waals surface area contributed by atoms with Crippen LogP contribution in [0.3, 0.4) is 0 Å². The number of anilines is 1. The van der Waals surface area contributed by atoms with Gasteiger partial charge in [-0.25, -0.2) is 9.37 Å². The van der Waals surface area contributed by atoms with Crippen LogP contribution >= 0.6 is 22.6 Å². The van der Waals surface area contributed by atoms with Crippen molar-refractivity contribution in [3.8, 4) is 11.5 Å². The minimum atomic E-state index is -0.517. The van der Waals surface area contributed by atoms with E-state index in [0.29, 0.717) is 23.9 Å². The van der Waals surface area contributed by atoms with E-state index >= 15 is 0 Å². The molecule has 10 heteroatoms. The lowest BCUT2D eigenvalue weighted by molar-refractivity contribution is -0.385. The first kappa shape index (κ1) is 22.4. The molecule has 0 saturated heterocycles. The third kappa shape index (κ3) is 6.35. The van der Waals surface area contributed by atoms with Gasteiger partial charge < -0.3 is 9.47 Å². The summed E-state index contributed by atoms with van der Waals surface area (Å²) < 4.78 is 25.5. The summed E-state index contributed by atoms with van der Waals surface area (Å²) in [6.07, 6.45) is 2.73. The van der Waals surface area contributed by atoms with E-state index in [1.807, 2.05) is 13.0 Å². The van der Waals surface area contributed by atoms with Crippen LogP contribution in [-0.2, 0) is 6.61 Å². The molecule has 0 aliphatic rings. The standard InChI is InChI=1S/C21H18FIN4O4/c1-2-30-19-10-15(11-25-26-20-8-7-17(12-24-20)27(28)29)9-18(23)21(19)31-13-14-3-5-16(22)6-4-14/h3-12H,2,13H2,1H3,(H,24,26)/b25-11+. The van der Waals surface area contributed by atoms with Crippen molar-refractivity contribution in [2.75, 3.05) is 12.0 Å². The maximum Gasteiger partial charge on any atom is 0.287 e. The van der Waals surface area contributed by atoms with E-state index in [4.69, 9.17) is 9.47 Å². The topological polar surface area (TPSA) is 98.9 Å². The lowest BCUT2D eigenvalue weighted by Gasteiger charge is -2.14. The third-order valence-electron chi connectivity index (χ3n) is 3.98. The zero-order valence-electron chi connectivity index (χ0n) is 16.4. The van der Waals surface area contributed by atoms with Crippen LogP contribution in [0.4, 0.5) is 15.9 Å². The smallest absolute Gasteiger partial charge is 0.287 e. The molecule has 0 aliphatic carbocycles. The Bertz CT molecular complexity index is 1080. The third-order valence-corrected chi connectivity index (χ3v) is 4.78. The van der Waals surface area contributed by atoms with Gasteiger partial charge in [0.15, 0.2) is 11.5 Å². The van der Waals surface area contributed by atoms with Crippen LogP contribution in [-0.4, -0.2) is 22.7 Å². The summed E-state index contributed by atoms with van der Waals surface area (Å²) in [6, 6.07) is 12.6. The number of ether oxygens (including phenoxy) is 2. The highest BCUT2D eigenvalue weighted by Gasteiger charge is 2.12. The van der Waals surface area contributed by atoms with Gasteiger partial charge in [-0.2, -0.15) is 5.10 Å². The Hall–Kier alpha value is -3.28. The maximum absolute atomic E-state index is 13.1. The van der Waals surface area contributed by atoms with Crippen LogP contribution in [0.5, 0.6) is 11.5 Å². The SMILES string of the molecule is CCOc1cc(/C=N/Nc2ccc([N+](=O)[O-])cn2)cc(I)c1OCc1ccc(F)cc1. The molecule has 0 atom stereocenters. The van der Waals surface area contributed by atoms with Gasteiger partial charge in [0, 0.05) is 6.07 Å².